The van der Waals surface area contributed by atoms with Crippen molar-refractivity contribution in [3.05, 3.63) is 163 Å². The number of pyridine rings is 1. The number of H-pyrrole nitrogens is 2. The van der Waals surface area contributed by atoms with Crippen molar-refractivity contribution in [3.8, 4) is 44.5 Å². The first-order valence-corrected chi connectivity index (χ1v) is 16.0. The first-order valence-electron chi connectivity index (χ1n) is 16.0. The smallest absolute Gasteiger partial charge is 0.0737 e. The van der Waals surface area contributed by atoms with Crippen LogP contribution in [-0.4, -0.2) is 24.9 Å². The van der Waals surface area contributed by atoms with Gasteiger partial charge >= 0.3 is 0 Å². The Balaban J connectivity index is 1.49. The maximum atomic E-state index is 5.34. The topological polar surface area (TPSA) is 70.2 Å². The fourth-order valence-corrected chi connectivity index (χ4v) is 6.75. The molecule has 0 saturated heterocycles. The zero-order valence-corrected chi connectivity index (χ0v) is 25.9. The van der Waals surface area contributed by atoms with Gasteiger partial charge in [-0.05, 0) is 83.0 Å². The van der Waals surface area contributed by atoms with Gasteiger partial charge in [0.25, 0.3) is 0 Å². The molecular formula is C43H29N5. The van der Waals surface area contributed by atoms with Crippen molar-refractivity contribution >= 4 is 46.4 Å². The van der Waals surface area contributed by atoms with Crippen LogP contribution in [0.2, 0.25) is 0 Å². The average Bonchev–Trinajstić information content (AvgIpc) is 3.98. The predicted molar refractivity (Wildman–Crippen MR) is 198 cm³/mol. The Labute approximate surface area is 277 Å². The maximum absolute atomic E-state index is 5.34. The van der Waals surface area contributed by atoms with Gasteiger partial charge in [0.1, 0.15) is 0 Å². The van der Waals surface area contributed by atoms with Crippen LogP contribution in [-0.2, 0) is 0 Å². The van der Waals surface area contributed by atoms with Crippen LogP contribution in [0.4, 0.5) is 0 Å². The van der Waals surface area contributed by atoms with Crippen LogP contribution in [0.3, 0.4) is 0 Å². The highest BCUT2D eigenvalue weighted by atomic mass is 14.8. The number of nitrogens with zero attached hydrogens (tertiary/aromatic N) is 3. The molecule has 9 rings (SSSR count). The van der Waals surface area contributed by atoms with E-state index in [-0.39, 0.29) is 0 Å². The van der Waals surface area contributed by atoms with E-state index in [1.165, 1.54) is 0 Å². The zero-order chi connectivity index (χ0) is 31.9. The Morgan fingerprint density at radius 2 is 0.604 bits per heavy atom. The van der Waals surface area contributed by atoms with Gasteiger partial charge in [-0.2, -0.15) is 0 Å². The van der Waals surface area contributed by atoms with Crippen molar-refractivity contribution < 1.29 is 0 Å². The van der Waals surface area contributed by atoms with E-state index < -0.39 is 0 Å². The molecule has 0 spiro atoms. The number of aromatic nitrogens is 5. The molecule has 2 N–H and O–H groups in total. The second-order valence-electron chi connectivity index (χ2n) is 11.8. The summed E-state index contributed by atoms with van der Waals surface area (Å²) in [5, 5.41) is 0. The molecule has 0 fully saturated rings. The summed E-state index contributed by atoms with van der Waals surface area (Å²) in [6.07, 6.45) is 12.1. The second kappa shape index (κ2) is 11.6. The Morgan fingerprint density at radius 3 is 0.917 bits per heavy atom. The molecule has 0 amide bonds. The summed E-state index contributed by atoms with van der Waals surface area (Å²) in [4.78, 5) is 22.5. The minimum absolute atomic E-state index is 0.878. The van der Waals surface area contributed by atoms with E-state index >= 15 is 0 Å². The van der Waals surface area contributed by atoms with Crippen molar-refractivity contribution in [1.82, 2.24) is 24.9 Å². The molecule has 0 saturated carbocycles. The van der Waals surface area contributed by atoms with Crippen LogP contribution < -0.4 is 0 Å². The number of nitrogens with one attached hydrogen (secondary N) is 2. The lowest BCUT2D eigenvalue weighted by molar-refractivity contribution is 1.30. The number of hydrogen-bond acceptors (Lipinski definition) is 3. The quantitative estimate of drug-likeness (QED) is 0.207. The lowest BCUT2D eigenvalue weighted by Crippen LogP contribution is -1.89. The van der Waals surface area contributed by atoms with Crippen molar-refractivity contribution in [1.29, 1.82) is 0 Å². The Hall–Kier alpha value is -6.59. The van der Waals surface area contributed by atoms with Crippen molar-refractivity contribution in [3.63, 3.8) is 0 Å². The van der Waals surface area contributed by atoms with Crippen LogP contribution in [0, 0.1) is 0 Å². The minimum atomic E-state index is 0.878. The van der Waals surface area contributed by atoms with Gasteiger partial charge in [-0.1, -0.05) is 91.0 Å². The van der Waals surface area contributed by atoms with E-state index in [9.17, 15) is 0 Å². The largest absolute Gasteiger partial charge is 0.354 e. The second-order valence-corrected chi connectivity index (χ2v) is 11.8. The van der Waals surface area contributed by atoms with Crippen LogP contribution in [0.15, 0.2) is 140 Å². The molecule has 226 valence electrons. The van der Waals surface area contributed by atoms with Gasteiger partial charge < -0.3 is 9.97 Å². The fraction of sp³-hybridized carbons (Fsp3) is 0. The zero-order valence-electron chi connectivity index (χ0n) is 25.9. The van der Waals surface area contributed by atoms with Crippen LogP contribution in [0.1, 0.15) is 22.8 Å². The van der Waals surface area contributed by atoms with Gasteiger partial charge in [0.15, 0.2) is 0 Å². The molecule has 8 bridgehead atoms. The molecule has 0 unspecified atom stereocenters. The van der Waals surface area contributed by atoms with Gasteiger partial charge in [-0.25, -0.2) is 9.97 Å². The molecule has 0 radical (unpaired) electrons. The summed E-state index contributed by atoms with van der Waals surface area (Å²) < 4.78 is 0. The Morgan fingerprint density at radius 1 is 0.312 bits per heavy atom. The maximum Gasteiger partial charge on any atom is 0.0737 e. The van der Waals surface area contributed by atoms with Gasteiger partial charge in [0.2, 0.25) is 0 Å². The third kappa shape index (κ3) is 4.86. The van der Waals surface area contributed by atoms with E-state index in [0.717, 1.165) is 89.4 Å². The van der Waals surface area contributed by atoms with Gasteiger partial charge in [-0.3, -0.25) is 4.98 Å². The summed E-state index contributed by atoms with van der Waals surface area (Å²) in [6.45, 7) is 0. The normalized spacial score (nSPS) is 12.0. The monoisotopic (exact) mass is 615 g/mol. The van der Waals surface area contributed by atoms with Gasteiger partial charge in [-0.15, -0.1) is 0 Å². The molecule has 0 aliphatic carbocycles. The molecule has 4 aromatic heterocycles. The number of hydrogen-bond donors (Lipinski definition) is 2. The summed E-state index contributed by atoms with van der Waals surface area (Å²) in [7, 11) is 0. The van der Waals surface area contributed by atoms with Gasteiger partial charge in [0, 0.05) is 56.7 Å². The van der Waals surface area contributed by atoms with Crippen LogP contribution >= 0.6 is 0 Å². The summed E-state index contributed by atoms with van der Waals surface area (Å²) >= 11 is 0. The highest BCUT2D eigenvalue weighted by Gasteiger charge is 2.18. The molecule has 48 heavy (non-hydrogen) atoms. The molecule has 5 heteroatoms. The van der Waals surface area contributed by atoms with Crippen LogP contribution in [0.25, 0.3) is 90.9 Å². The lowest BCUT2D eigenvalue weighted by Gasteiger charge is -2.06. The number of rotatable bonds is 4. The SMILES string of the molecule is C1=Cc2nc1c(-c1ccccc1)c1ccc([nH]1)c(-c1ccccc1)c1nc(c(-c3ccncc3)c3ccc([nH]3)c2-c2ccccc2)C=C1. The molecule has 2 aliphatic heterocycles. The Kier molecular flexibility index (Phi) is 6.72. The molecule has 2 aliphatic rings. The van der Waals surface area contributed by atoms with Crippen molar-refractivity contribution in [2.45, 2.75) is 0 Å². The highest BCUT2D eigenvalue weighted by Crippen LogP contribution is 2.38. The molecule has 5 nitrogen and oxygen atoms in total. The minimum Gasteiger partial charge on any atom is -0.354 e. The predicted octanol–water partition coefficient (Wildman–Crippen LogP) is 10.7. The number of fused-ring (bicyclic) bond motifs is 8. The van der Waals surface area contributed by atoms with E-state index in [1.54, 1.807) is 0 Å². The van der Waals surface area contributed by atoms with Crippen molar-refractivity contribution in [2.24, 2.45) is 0 Å². The first-order chi connectivity index (χ1) is 23.8. The van der Waals surface area contributed by atoms with E-state index in [4.69, 9.17) is 9.97 Å². The summed E-state index contributed by atoms with van der Waals surface area (Å²) in [5.41, 5.74) is 15.9. The fourth-order valence-electron chi connectivity index (χ4n) is 6.75. The average molecular weight is 616 g/mol. The first kappa shape index (κ1) is 27.7. The van der Waals surface area contributed by atoms with Gasteiger partial charge in [0.05, 0.1) is 22.8 Å². The summed E-state index contributed by atoms with van der Waals surface area (Å²) in [6, 6.07) is 44.1. The highest BCUT2D eigenvalue weighted by molar-refractivity contribution is 5.99. The lowest BCUT2D eigenvalue weighted by atomic mass is 10.0. The number of benzene rings is 3. The molecular weight excluding hydrogens is 587 g/mol. The molecule has 0 atom stereocenters. The van der Waals surface area contributed by atoms with E-state index in [2.05, 4.69) is 136 Å². The molecule has 3 aromatic carbocycles. The molecule has 6 heterocycles. The van der Waals surface area contributed by atoms with Crippen LogP contribution in [0.5, 0.6) is 0 Å². The number of aromatic amines is 2. The third-order valence-corrected chi connectivity index (χ3v) is 8.91. The third-order valence-electron chi connectivity index (χ3n) is 8.91. The standard InChI is InChI=1S/C43H29N5/c1-4-10-28(11-5-1)40-32-16-18-34(45-32)41(29-12-6-2-7-13-29)36-20-22-38(47-36)43(31-24-26-44-27-25-31)39-23-21-37(48-39)42(30-14-8-3-9-15-30)35-19-17-33(40)46-35/h1-27,45,48H. The summed E-state index contributed by atoms with van der Waals surface area (Å²) in [5.74, 6) is 0. The Bertz CT molecular complexity index is 2180. The molecule has 7 aromatic rings. The van der Waals surface area contributed by atoms with E-state index in [0.29, 0.717) is 0 Å². The van der Waals surface area contributed by atoms with Crippen molar-refractivity contribution in [2.75, 3.05) is 0 Å². The van der Waals surface area contributed by atoms with E-state index in [1.807, 2.05) is 42.7 Å².